The number of aliphatic hydroxyl groups is 1. The molecule has 40 heavy (non-hydrogen) atoms. The van der Waals surface area contributed by atoms with Crippen molar-refractivity contribution in [3.8, 4) is 11.1 Å². The minimum Gasteiger partial charge on any atom is -0.388 e. The fraction of sp³-hybridized carbons (Fsp3) is 0.455. The van der Waals surface area contributed by atoms with Crippen LogP contribution in [0.1, 0.15) is 43.7 Å². The van der Waals surface area contributed by atoms with Crippen molar-refractivity contribution in [2.24, 2.45) is 0 Å². The van der Waals surface area contributed by atoms with Gasteiger partial charge in [0.1, 0.15) is 6.23 Å². The van der Waals surface area contributed by atoms with Crippen molar-refractivity contribution in [2.75, 3.05) is 45.2 Å². The van der Waals surface area contributed by atoms with Gasteiger partial charge in [-0.05, 0) is 105 Å². The molecule has 0 saturated carbocycles. The Morgan fingerprint density at radius 1 is 0.950 bits per heavy atom. The van der Waals surface area contributed by atoms with Gasteiger partial charge >= 0.3 is 0 Å². The number of likely N-dealkylation sites (tertiary alicyclic amines) is 1. The molecule has 3 aromatic carbocycles. The second-order valence-electron chi connectivity index (χ2n) is 11.1. The molecular formula is C33H43Cl2N3O2. The van der Waals surface area contributed by atoms with E-state index >= 15 is 0 Å². The third kappa shape index (κ3) is 8.45. The molecule has 5 nitrogen and oxygen atoms in total. The fourth-order valence-corrected chi connectivity index (χ4v) is 6.32. The lowest BCUT2D eigenvalue weighted by Crippen LogP contribution is -2.52. The summed E-state index contributed by atoms with van der Waals surface area (Å²) in [6, 6.07) is 23.5. The number of nitrogens with one attached hydrogen (secondary N) is 2. The largest absolute Gasteiger partial charge is 0.388 e. The Balaban J connectivity index is 0.000000312. The van der Waals surface area contributed by atoms with E-state index in [4.69, 9.17) is 27.9 Å². The van der Waals surface area contributed by atoms with E-state index in [0.29, 0.717) is 6.04 Å². The van der Waals surface area contributed by atoms with Gasteiger partial charge in [-0.1, -0.05) is 59.6 Å². The summed E-state index contributed by atoms with van der Waals surface area (Å²) in [7, 11) is 1.88. The van der Waals surface area contributed by atoms with Crippen LogP contribution in [-0.4, -0.2) is 62.2 Å². The first kappa shape index (κ1) is 30.8. The number of benzene rings is 3. The molecule has 0 aliphatic carbocycles. The van der Waals surface area contributed by atoms with Crippen LogP contribution in [0.25, 0.3) is 11.1 Å². The highest BCUT2D eigenvalue weighted by atomic mass is 35.5. The molecule has 0 radical (unpaired) electrons. The lowest BCUT2D eigenvalue weighted by molar-refractivity contribution is 0.0154. The average Bonchev–Trinajstić information content (AvgIpc) is 2.97. The van der Waals surface area contributed by atoms with Gasteiger partial charge in [-0.3, -0.25) is 5.32 Å². The molecule has 0 amide bonds. The van der Waals surface area contributed by atoms with E-state index < -0.39 is 6.23 Å². The number of ether oxygens (including phenoxy) is 1. The molecule has 2 fully saturated rings. The molecule has 0 bridgehead atoms. The molecule has 2 aliphatic rings. The third-order valence-electron chi connectivity index (χ3n) is 8.18. The van der Waals surface area contributed by atoms with Crippen molar-refractivity contribution in [2.45, 2.75) is 57.2 Å². The number of hydrogen-bond acceptors (Lipinski definition) is 5. The molecule has 2 aliphatic heterocycles. The summed E-state index contributed by atoms with van der Waals surface area (Å²) in [4.78, 5) is 2.66. The number of piperidine rings is 1. The molecule has 2 saturated heterocycles. The molecule has 3 aromatic rings. The van der Waals surface area contributed by atoms with Gasteiger partial charge in [0, 0.05) is 54.0 Å². The van der Waals surface area contributed by atoms with Crippen LogP contribution in [0.4, 0.5) is 5.69 Å². The average molecular weight is 585 g/mol. The highest BCUT2D eigenvalue weighted by molar-refractivity contribution is 6.31. The fourth-order valence-electron chi connectivity index (χ4n) is 5.84. The Bertz CT molecular complexity index is 1180. The molecule has 216 valence electrons. The summed E-state index contributed by atoms with van der Waals surface area (Å²) in [5, 5.41) is 17.7. The lowest BCUT2D eigenvalue weighted by atomic mass is 9.72. The van der Waals surface area contributed by atoms with Crippen LogP contribution in [-0.2, 0) is 10.2 Å². The van der Waals surface area contributed by atoms with E-state index in [-0.39, 0.29) is 5.41 Å². The van der Waals surface area contributed by atoms with Crippen LogP contribution in [0.15, 0.2) is 66.7 Å². The maximum absolute atomic E-state index is 9.87. The van der Waals surface area contributed by atoms with Gasteiger partial charge in [-0.15, -0.1) is 0 Å². The second-order valence-corrected chi connectivity index (χ2v) is 11.9. The van der Waals surface area contributed by atoms with Gasteiger partial charge < -0.3 is 20.1 Å². The number of rotatable bonds is 7. The van der Waals surface area contributed by atoms with E-state index in [9.17, 15) is 5.11 Å². The zero-order chi connectivity index (χ0) is 28.5. The molecule has 2 heterocycles. The van der Waals surface area contributed by atoms with Crippen molar-refractivity contribution in [3.05, 3.63) is 87.9 Å². The van der Waals surface area contributed by atoms with Crippen LogP contribution >= 0.6 is 23.2 Å². The first-order valence-electron chi connectivity index (χ1n) is 14.3. The third-order valence-corrected chi connectivity index (χ3v) is 8.64. The molecule has 1 unspecified atom stereocenters. The molecule has 3 N–H and O–H groups in total. The molecule has 5 rings (SSSR count). The summed E-state index contributed by atoms with van der Waals surface area (Å²) < 4.78 is 5.55. The van der Waals surface area contributed by atoms with Crippen LogP contribution in [0.3, 0.4) is 0 Å². The Morgan fingerprint density at radius 3 is 2.25 bits per heavy atom. The number of aliphatic hydroxyl groups excluding tert-OH is 1. The van der Waals surface area contributed by atoms with Gasteiger partial charge in [-0.25, -0.2) is 0 Å². The number of aryl methyl sites for hydroxylation is 1. The summed E-state index contributed by atoms with van der Waals surface area (Å²) >= 11 is 12.0. The summed E-state index contributed by atoms with van der Waals surface area (Å²) in [6.07, 6.45) is 3.99. The van der Waals surface area contributed by atoms with Crippen LogP contribution < -0.4 is 10.6 Å². The van der Waals surface area contributed by atoms with Crippen molar-refractivity contribution < 1.29 is 9.84 Å². The number of hydrogen-bond donors (Lipinski definition) is 3. The second kappa shape index (κ2) is 14.7. The van der Waals surface area contributed by atoms with Crippen LogP contribution in [0.5, 0.6) is 0 Å². The number of anilines is 1. The Morgan fingerprint density at radius 2 is 1.65 bits per heavy atom. The van der Waals surface area contributed by atoms with Crippen molar-refractivity contribution in [1.29, 1.82) is 0 Å². The summed E-state index contributed by atoms with van der Waals surface area (Å²) in [5.74, 6) is 0. The Hall–Kier alpha value is -2.12. The molecule has 7 heteroatoms. The van der Waals surface area contributed by atoms with Crippen molar-refractivity contribution in [1.82, 2.24) is 10.2 Å². The monoisotopic (exact) mass is 583 g/mol. The summed E-state index contributed by atoms with van der Waals surface area (Å²) in [6.45, 7) is 8.59. The maximum atomic E-state index is 9.87. The minimum absolute atomic E-state index is 0.0471. The number of nitrogens with zero attached hydrogens (tertiary/aromatic N) is 1. The van der Waals surface area contributed by atoms with E-state index in [0.717, 1.165) is 79.8 Å². The minimum atomic E-state index is -0.499. The van der Waals surface area contributed by atoms with Crippen molar-refractivity contribution in [3.63, 3.8) is 0 Å². The van der Waals surface area contributed by atoms with Crippen LogP contribution in [0.2, 0.25) is 10.0 Å². The van der Waals surface area contributed by atoms with E-state index in [1.807, 2.05) is 50.4 Å². The topological polar surface area (TPSA) is 56.8 Å². The highest BCUT2D eigenvalue weighted by Gasteiger charge is 2.38. The Kier molecular flexibility index (Phi) is 11.3. The van der Waals surface area contributed by atoms with E-state index in [1.165, 1.54) is 16.7 Å². The van der Waals surface area contributed by atoms with Crippen LogP contribution in [0, 0.1) is 6.92 Å². The molecule has 0 aromatic heterocycles. The Labute approximate surface area is 249 Å². The van der Waals surface area contributed by atoms with Crippen molar-refractivity contribution >= 4 is 28.9 Å². The van der Waals surface area contributed by atoms with Gasteiger partial charge in [0.05, 0.1) is 0 Å². The zero-order valence-electron chi connectivity index (χ0n) is 23.9. The predicted molar refractivity (Wildman–Crippen MR) is 169 cm³/mol. The first-order valence-corrected chi connectivity index (χ1v) is 15.1. The first-order chi connectivity index (χ1) is 19.3. The standard InChI is InChI=1S/C25H33ClN2O2.C8H10ClN/c1-19(29)27-18-25(11-13-28(14-12-25)24-9-15-30-16-10-24)22-7-5-20(6-8-22)21-3-2-4-23(26)17-21;1-6-3-7(9)5-8(4-6)10-2/h2-8,17,19,24,27,29H,9-16,18H2,1H3;3-5,10H,1-2H3. The lowest BCUT2D eigenvalue weighted by Gasteiger charge is -2.46. The van der Waals surface area contributed by atoms with Gasteiger partial charge in [0.2, 0.25) is 0 Å². The predicted octanol–water partition coefficient (Wildman–Crippen LogP) is 7.14. The highest BCUT2D eigenvalue weighted by Crippen LogP contribution is 2.37. The van der Waals surface area contributed by atoms with Gasteiger partial charge in [0.15, 0.2) is 0 Å². The smallest absolute Gasteiger partial charge is 0.102 e. The number of halogens is 2. The normalized spacial score (nSPS) is 18.4. The van der Waals surface area contributed by atoms with E-state index in [2.05, 4.69) is 45.9 Å². The SMILES string of the molecule is CC(O)NCC1(c2ccc(-c3cccc(Cl)c3)cc2)CCN(C2CCOCC2)CC1.CNc1cc(C)cc(Cl)c1. The summed E-state index contributed by atoms with van der Waals surface area (Å²) in [5.41, 5.74) is 5.96. The quantitative estimate of drug-likeness (QED) is 0.258. The van der Waals surface area contributed by atoms with Gasteiger partial charge in [-0.2, -0.15) is 0 Å². The molecular weight excluding hydrogens is 541 g/mol. The maximum Gasteiger partial charge on any atom is 0.102 e. The molecule has 0 spiro atoms. The van der Waals surface area contributed by atoms with E-state index in [1.54, 1.807) is 6.92 Å². The molecule has 1 atom stereocenters. The zero-order valence-corrected chi connectivity index (χ0v) is 25.4. The van der Waals surface area contributed by atoms with Gasteiger partial charge in [0.25, 0.3) is 0 Å².